The summed E-state index contributed by atoms with van der Waals surface area (Å²) in [5, 5.41) is 11.6. The summed E-state index contributed by atoms with van der Waals surface area (Å²) in [5.41, 5.74) is 0.595. The van der Waals surface area contributed by atoms with Crippen molar-refractivity contribution in [3.05, 3.63) is 46.1 Å². The predicted molar refractivity (Wildman–Crippen MR) is 70.3 cm³/mol. The standard InChI is InChI=1S/C12H9BrN2O4/c1-6-10(19-5-14-6)11(16)15-9-7(12(17)18)3-2-4-8(9)13/h2-5H,1H3,(H,15,16)(H,17,18). The van der Waals surface area contributed by atoms with E-state index in [4.69, 9.17) is 9.52 Å². The summed E-state index contributed by atoms with van der Waals surface area (Å²) in [6.07, 6.45) is 1.16. The maximum atomic E-state index is 12.0. The minimum absolute atomic E-state index is 0.0140. The van der Waals surface area contributed by atoms with Crippen molar-refractivity contribution in [3.63, 3.8) is 0 Å². The van der Waals surface area contributed by atoms with E-state index in [2.05, 4.69) is 26.2 Å². The highest BCUT2D eigenvalue weighted by atomic mass is 79.9. The second kappa shape index (κ2) is 5.23. The number of halogens is 1. The number of oxazole rings is 1. The molecule has 0 atom stereocenters. The fraction of sp³-hybridized carbons (Fsp3) is 0.0833. The van der Waals surface area contributed by atoms with Crippen molar-refractivity contribution in [2.24, 2.45) is 0 Å². The van der Waals surface area contributed by atoms with Crippen LogP contribution >= 0.6 is 15.9 Å². The summed E-state index contributed by atoms with van der Waals surface area (Å²) in [4.78, 5) is 26.9. The number of aryl methyl sites for hydroxylation is 1. The zero-order valence-electron chi connectivity index (χ0n) is 9.81. The van der Waals surface area contributed by atoms with Gasteiger partial charge in [-0.1, -0.05) is 6.07 Å². The van der Waals surface area contributed by atoms with E-state index in [0.29, 0.717) is 10.2 Å². The van der Waals surface area contributed by atoms with Gasteiger partial charge in [0, 0.05) is 4.47 Å². The van der Waals surface area contributed by atoms with Gasteiger partial charge in [-0.2, -0.15) is 0 Å². The molecule has 0 aliphatic rings. The Morgan fingerprint density at radius 1 is 1.42 bits per heavy atom. The van der Waals surface area contributed by atoms with Crippen LogP contribution < -0.4 is 5.32 Å². The molecule has 1 amide bonds. The number of benzene rings is 1. The maximum Gasteiger partial charge on any atom is 0.337 e. The van der Waals surface area contributed by atoms with Crippen LogP contribution in [0.5, 0.6) is 0 Å². The van der Waals surface area contributed by atoms with Gasteiger partial charge in [0.05, 0.1) is 16.9 Å². The van der Waals surface area contributed by atoms with Gasteiger partial charge in [-0.15, -0.1) is 0 Å². The normalized spacial score (nSPS) is 10.2. The first-order chi connectivity index (χ1) is 9.00. The fourth-order valence-electron chi connectivity index (χ4n) is 1.52. The molecule has 98 valence electrons. The Morgan fingerprint density at radius 3 is 2.74 bits per heavy atom. The maximum absolute atomic E-state index is 12.0. The van der Waals surface area contributed by atoms with Gasteiger partial charge >= 0.3 is 5.97 Å². The van der Waals surface area contributed by atoms with E-state index in [1.54, 1.807) is 19.1 Å². The molecule has 0 radical (unpaired) electrons. The van der Waals surface area contributed by atoms with E-state index in [-0.39, 0.29) is 17.0 Å². The average Bonchev–Trinajstić information content (AvgIpc) is 2.77. The molecule has 0 saturated carbocycles. The van der Waals surface area contributed by atoms with E-state index in [1.807, 2.05) is 0 Å². The fourth-order valence-corrected chi connectivity index (χ4v) is 1.98. The molecule has 1 heterocycles. The van der Waals surface area contributed by atoms with Crippen LogP contribution in [0.25, 0.3) is 0 Å². The molecule has 0 saturated heterocycles. The zero-order valence-corrected chi connectivity index (χ0v) is 11.4. The molecule has 1 aromatic carbocycles. The monoisotopic (exact) mass is 324 g/mol. The van der Waals surface area contributed by atoms with Gasteiger partial charge in [0.2, 0.25) is 5.76 Å². The van der Waals surface area contributed by atoms with Gasteiger partial charge in [0.25, 0.3) is 5.91 Å². The number of aromatic nitrogens is 1. The number of carboxylic acid groups (broad SMARTS) is 1. The summed E-state index contributed by atoms with van der Waals surface area (Å²) in [5.74, 6) is -1.64. The van der Waals surface area contributed by atoms with Gasteiger partial charge < -0.3 is 14.8 Å². The van der Waals surface area contributed by atoms with Crippen molar-refractivity contribution < 1.29 is 19.1 Å². The Kier molecular flexibility index (Phi) is 3.66. The zero-order chi connectivity index (χ0) is 14.0. The molecule has 2 N–H and O–H groups in total. The van der Waals surface area contributed by atoms with Crippen molar-refractivity contribution in [3.8, 4) is 0 Å². The quantitative estimate of drug-likeness (QED) is 0.905. The molecule has 0 spiro atoms. The van der Waals surface area contributed by atoms with Crippen LogP contribution in [0.3, 0.4) is 0 Å². The minimum atomic E-state index is -1.13. The van der Waals surface area contributed by atoms with E-state index in [0.717, 1.165) is 6.39 Å². The van der Waals surface area contributed by atoms with Gasteiger partial charge in [0.15, 0.2) is 6.39 Å². The number of rotatable bonds is 3. The van der Waals surface area contributed by atoms with Crippen molar-refractivity contribution in [1.29, 1.82) is 0 Å². The molecule has 0 aliphatic heterocycles. The molecule has 2 rings (SSSR count). The van der Waals surface area contributed by atoms with Gasteiger partial charge in [-0.25, -0.2) is 9.78 Å². The molecule has 1 aromatic heterocycles. The Morgan fingerprint density at radius 2 is 2.16 bits per heavy atom. The van der Waals surface area contributed by atoms with Crippen LogP contribution in [0.2, 0.25) is 0 Å². The van der Waals surface area contributed by atoms with Gasteiger partial charge in [-0.05, 0) is 35.0 Å². The van der Waals surface area contributed by atoms with E-state index >= 15 is 0 Å². The number of hydrogen-bond donors (Lipinski definition) is 2. The second-order valence-corrected chi connectivity index (χ2v) is 4.54. The molecule has 0 fully saturated rings. The van der Waals surface area contributed by atoms with Crippen molar-refractivity contribution >= 4 is 33.5 Å². The SMILES string of the molecule is Cc1ncoc1C(=O)Nc1c(Br)cccc1C(=O)O. The Balaban J connectivity index is 2.36. The number of nitrogens with zero attached hydrogens (tertiary/aromatic N) is 1. The second-order valence-electron chi connectivity index (χ2n) is 3.69. The van der Waals surface area contributed by atoms with Gasteiger partial charge in [0.1, 0.15) is 0 Å². The summed E-state index contributed by atoms with van der Waals surface area (Å²) in [7, 11) is 0. The number of carbonyl (C=O) groups excluding carboxylic acids is 1. The predicted octanol–water partition coefficient (Wildman–Crippen LogP) is 2.70. The number of carbonyl (C=O) groups is 2. The summed E-state index contributed by atoms with van der Waals surface area (Å²) in [6.45, 7) is 1.62. The first-order valence-corrected chi connectivity index (χ1v) is 6.03. The molecule has 6 nitrogen and oxygen atoms in total. The van der Waals surface area contributed by atoms with Crippen LogP contribution in [0.1, 0.15) is 26.6 Å². The largest absolute Gasteiger partial charge is 0.478 e. The van der Waals surface area contributed by atoms with E-state index in [9.17, 15) is 9.59 Å². The van der Waals surface area contributed by atoms with Crippen molar-refractivity contribution in [1.82, 2.24) is 4.98 Å². The number of anilines is 1. The van der Waals surface area contributed by atoms with E-state index < -0.39 is 11.9 Å². The lowest BCUT2D eigenvalue weighted by molar-refractivity contribution is 0.0698. The molecule has 7 heteroatoms. The molecular formula is C12H9BrN2O4. The first-order valence-electron chi connectivity index (χ1n) is 5.24. The third-order valence-electron chi connectivity index (χ3n) is 2.43. The third kappa shape index (κ3) is 2.65. The van der Waals surface area contributed by atoms with Crippen LogP contribution in [0.4, 0.5) is 5.69 Å². The molecule has 2 aromatic rings. The number of aromatic carboxylic acids is 1. The highest BCUT2D eigenvalue weighted by molar-refractivity contribution is 9.10. The van der Waals surface area contributed by atoms with Crippen LogP contribution in [0, 0.1) is 6.92 Å². The van der Waals surface area contributed by atoms with Crippen LogP contribution in [-0.2, 0) is 0 Å². The first kappa shape index (κ1) is 13.3. The van der Waals surface area contributed by atoms with Crippen molar-refractivity contribution in [2.75, 3.05) is 5.32 Å². The smallest absolute Gasteiger partial charge is 0.337 e. The van der Waals surface area contributed by atoms with E-state index in [1.165, 1.54) is 6.07 Å². The number of para-hydroxylation sites is 1. The van der Waals surface area contributed by atoms with Gasteiger partial charge in [-0.3, -0.25) is 4.79 Å². The lowest BCUT2D eigenvalue weighted by Crippen LogP contribution is -2.15. The molecule has 0 unspecified atom stereocenters. The Labute approximate surface area is 116 Å². The number of carboxylic acids is 1. The highest BCUT2D eigenvalue weighted by Gasteiger charge is 2.19. The molecule has 0 bridgehead atoms. The lowest BCUT2D eigenvalue weighted by Gasteiger charge is -2.09. The summed E-state index contributed by atoms with van der Waals surface area (Å²) >= 11 is 3.20. The number of hydrogen-bond acceptors (Lipinski definition) is 4. The average molecular weight is 325 g/mol. The molecule has 0 aliphatic carbocycles. The topological polar surface area (TPSA) is 92.4 Å². The van der Waals surface area contributed by atoms with Crippen molar-refractivity contribution in [2.45, 2.75) is 6.92 Å². The summed E-state index contributed by atoms with van der Waals surface area (Å²) < 4.78 is 5.42. The molecular weight excluding hydrogens is 316 g/mol. The highest BCUT2D eigenvalue weighted by Crippen LogP contribution is 2.27. The van der Waals surface area contributed by atoms with Crippen LogP contribution in [-0.4, -0.2) is 22.0 Å². The number of amides is 1. The molecule has 19 heavy (non-hydrogen) atoms. The third-order valence-corrected chi connectivity index (χ3v) is 3.10. The minimum Gasteiger partial charge on any atom is -0.478 e. The lowest BCUT2D eigenvalue weighted by atomic mass is 10.1. The van der Waals surface area contributed by atoms with Crippen LogP contribution in [0.15, 0.2) is 33.5 Å². The number of nitrogens with one attached hydrogen (secondary N) is 1. The Hall–Kier alpha value is -2.15. The Bertz CT molecular complexity index is 651. The summed E-state index contributed by atoms with van der Waals surface area (Å²) in [6, 6.07) is 4.61.